The van der Waals surface area contributed by atoms with E-state index >= 15 is 0 Å². The molecule has 6 heteroatoms. The molecule has 0 aliphatic carbocycles. The second-order valence-electron chi connectivity index (χ2n) is 3.54. The summed E-state index contributed by atoms with van der Waals surface area (Å²) in [6.07, 6.45) is -5.90. The fourth-order valence-electron chi connectivity index (χ4n) is 1.24. The van der Waals surface area contributed by atoms with E-state index in [0.717, 1.165) is 4.90 Å². The number of hydrogen-bond acceptors (Lipinski definition) is 2. The van der Waals surface area contributed by atoms with Crippen LogP contribution in [0.2, 0.25) is 0 Å². The molecule has 0 atom stereocenters. The first kappa shape index (κ1) is 10.3. The zero-order valence-corrected chi connectivity index (χ0v) is 7.06. The largest absolute Gasteiger partial charge is 0.397 e. The number of carbonyl (C=O) groups is 1. The van der Waals surface area contributed by atoms with E-state index in [2.05, 4.69) is 0 Å². The predicted molar refractivity (Wildman–Crippen MR) is 37.9 cm³/mol. The van der Waals surface area contributed by atoms with Gasteiger partial charge in [-0.3, -0.25) is 4.79 Å². The van der Waals surface area contributed by atoms with E-state index in [1.54, 1.807) is 0 Å². The Morgan fingerprint density at radius 1 is 1.54 bits per heavy atom. The molecule has 0 aromatic heterocycles. The summed E-state index contributed by atoms with van der Waals surface area (Å²) in [6.45, 7) is 1.45. The molecule has 0 aromatic rings. The Morgan fingerprint density at radius 3 is 2.31 bits per heavy atom. The lowest BCUT2D eigenvalue weighted by Crippen LogP contribution is -2.62. The maximum Gasteiger partial charge on any atom is 0.397 e. The SMILES string of the molecule is CC1(O)CN(C(=O)CC(F)(F)F)C1. The third-order valence-corrected chi connectivity index (χ3v) is 1.77. The van der Waals surface area contributed by atoms with Crippen LogP contribution in [0.25, 0.3) is 0 Å². The van der Waals surface area contributed by atoms with Crippen LogP contribution >= 0.6 is 0 Å². The van der Waals surface area contributed by atoms with E-state index in [0.29, 0.717) is 0 Å². The third kappa shape index (κ3) is 2.87. The van der Waals surface area contributed by atoms with Crippen LogP contribution in [0.5, 0.6) is 0 Å². The van der Waals surface area contributed by atoms with Crippen molar-refractivity contribution in [2.75, 3.05) is 13.1 Å². The van der Waals surface area contributed by atoms with Crippen LogP contribution < -0.4 is 0 Å². The van der Waals surface area contributed by atoms with Gasteiger partial charge in [-0.1, -0.05) is 0 Å². The van der Waals surface area contributed by atoms with Crippen molar-refractivity contribution in [3.63, 3.8) is 0 Å². The number of β-amino-alcohol motifs (C(OH)–C–C–N with tert-alkyl or cyclic N) is 1. The number of halogens is 3. The zero-order chi connectivity index (χ0) is 10.3. The van der Waals surface area contributed by atoms with Crippen LogP contribution in [0.4, 0.5) is 13.2 Å². The van der Waals surface area contributed by atoms with E-state index < -0.39 is 24.1 Å². The third-order valence-electron chi connectivity index (χ3n) is 1.77. The first-order valence-electron chi connectivity index (χ1n) is 3.76. The summed E-state index contributed by atoms with van der Waals surface area (Å²) in [5.41, 5.74) is -1.01. The minimum absolute atomic E-state index is 0.0120. The zero-order valence-electron chi connectivity index (χ0n) is 7.06. The quantitative estimate of drug-likeness (QED) is 0.666. The van der Waals surface area contributed by atoms with Gasteiger partial charge in [0.15, 0.2) is 0 Å². The number of nitrogens with zero attached hydrogens (tertiary/aromatic N) is 1. The molecule has 0 unspecified atom stereocenters. The Hall–Kier alpha value is -0.780. The fourth-order valence-corrected chi connectivity index (χ4v) is 1.24. The molecular weight excluding hydrogens is 187 g/mol. The molecule has 0 saturated carbocycles. The lowest BCUT2D eigenvalue weighted by atomic mass is 9.96. The Bertz CT molecular complexity index is 216. The summed E-state index contributed by atoms with van der Waals surface area (Å²) in [6, 6.07) is 0. The number of hydrogen-bond donors (Lipinski definition) is 1. The van der Waals surface area contributed by atoms with Crippen molar-refractivity contribution < 1.29 is 23.1 Å². The molecule has 1 saturated heterocycles. The fraction of sp³-hybridized carbons (Fsp3) is 0.857. The van der Waals surface area contributed by atoms with Crippen LogP contribution in [0, 0.1) is 0 Å². The van der Waals surface area contributed by atoms with Crippen LogP contribution in [0.1, 0.15) is 13.3 Å². The van der Waals surface area contributed by atoms with Gasteiger partial charge in [-0.2, -0.15) is 13.2 Å². The highest BCUT2D eigenvalue weighted by Crippen LogP contribution is 2.25. The van der Waals surface area contributed by atoms with E-state index in [-0.39, 0.29) is 13.1 Å². The van der Waals surface area contributed by atoms with E-state index in [1.165, 1.54) is 6.92 Å². The Kier molecular flexibility index (Phi) is 2.27. The standard InChI is InChI=1S/C7H10F3NO2/c1-6(13)3-11(4-6)5(12)2-7(8,9)10/h13H,2-4H2,1H3. The van der Waals surface area contributed by atoms with Crippen LogP contribution in [0.3, 0.4) is 0 Å². The summed E-state index contributed by atoms with van der Waals surface area (Å²) >= 11 is 0. The molecule has 0 spiro atoms. The van der Waals surface area contributed by atoms with Gasteiger partial charge >= 0.3 is 6.18 Å². The van der Waals surface area contributed by atoms with Crippen molar-refractivity contribution in [1.29, 1.82) is 0 Å². The van der Waals surface area contributed by atoms with Gasteiger partial charge in [-0.05, 0) is 6.92 Å². The van der Waals surface area contributed by atoms with Crippen molar-refractivity contribution in [2.24, 2.45) is 0 Å². The maximum absolute atomic E-state index is 11.7. The van der Waals surface area contributed by atoms with E-state index in [4.69, 9.17) is 5.11 Å². The maximum atomic E-state index is 11.7. The average molecular weight is 197 g/mol. The second-order valence-corrected chi connectivity index (χ2v) is 3.54. The van der Waals surface area contributed by atoms with E-state index in [1.807, 2.05) is 0 Å². The van der Waals surface area contributed by atoms with Gasteiger partial charge in [0.25, 0.3) is 0 Å². The lowest BCUT2D eigenvalue weighted by molar-refractivity contribution is -0.175. The molecule has 13 heavy (non-hydrogen) atoms. The predicted octanol–water partition coefficient (Wildman–Crippen LogP) is 0.532. The number of amides is 1. The molecule has 1 N–H and O–H groups in total. The Balaban J connectivity index is 2.36. The topological polar surface area (TPSA) is 40.5 Å². The van der Waals surface area contributed by atoms with Crippen molar-refractivity contribution in [3.8, 4) is 0 Å². The summed E-state index contributed by atoms with van der Waals surface area (Å²) in [5.74, 6) is -0.973. The molecule has 1 rings (SSSR count). The van der Waals surface area contributed by atoms with Crippen molar-refractivity contribution in [1.82, 2.24) is 4.90 Å². The highest BCUT2D eigenvalue weighted by molar-refractivity contribution is 5.78. The first-order chi connectivity index (χ1) is 5.70. The molecule has 76 valence electrons. The first-order valence-corrected chi connectivity index (χ1v) is 3.76. The molecule has 3 nitrogen and oxygen atoms in total. The number of rotatable bonds is 1. The van der Waals surface area contributed by atoms with Gasteiger partial charge in [0.1, 0.15) is 6.42 Å². The average Bonchev–Trinajstić information content (AvgIpc) is 1.77. The van der Waals surface area contributed by atoms with Crippen LogP contribution in [-0.4, -0.2) is 40.8 Å². The Labute approximate surface area is 73.1 Å². The van der Waals surface area contributed by atoms with Gasteiger partial charge in [-0.25, -0.2) is 0 Å². The number of alkyl halides is 3. The van der Waals surface area contributed by atoms with E-state index in [9.17, 15) is 18.0 Å². The van der Waals surface area contributed by atoms with Gasteiger partial charge < -0.3 is 10.0 Å². The minimum atomic E-state index is -4.46. The number of carbonyl (C=O) groups excluding carboxylic acids is 1. The normalized spacial score (nSPS) is 21.2. The summed E-state index contributed by atoms with van der Waals surface area (Å²) in [5, 5.41) is 9.16. The lowest BCUT2D eigenvalue weighted by Gasteiger charge is -2.44. The molecule has 1 heterocycles. The van der Waals surface area contributed by atoms with Gasteiger partial charge in [0, 0.05) is 0 Å². The van der Waals surface area contributed by atoms with Crippen LogP contribution in [0.15, 0.2) is 0 Å². The van der Waals surface area contributed by atoms with Crippen molar-refractivity contribution >= 4 is 5.91 Å². The van der Waals surface area contributed by atoms with Crippen molar-refractivity contribution in [2.45, 2.75) is 25.1 Å². The van der Waals surface area contributed by atoms with Crippen molar-refractivity contribution in [3.05, 3.63) is 0 Å². The summed E-state index contributed by atoms with van der Waals surface area (Å²) < 4.78 is 35.1. The second kappa shape index (κ2) is 2.87. The molecule has 1 amide bonds. The minimum Gasteiger partial charge on any atom is -0.386 e. The Morgan fingerprint density at radius 2 is 2.00 bits per heavy atom. The highest BCUT2D eigenvalue weighted by Gasteiger charge is 2.42. The smallest absolute Gasteiger partial charge is 0.386 e. The summed E-state index contributed by atoms with van der Waals surface area (Å²) in [7, 11) is 0. The van der Waals surface area contributed by atoms with Gasteiger partial charge in [0.05, 0.1) is 18.7 Å². The molecule has 1 aliphatic heterocycles. The number of likely N-dealkylation sites (tertiary alicyclic amines) is 1. The molecule has 0 radical (unpaired) electrons. The van der Waals surface area contributed by atoms with Gasteiger partial charge in [0.2, 0.25) is 5.91 Å². The molecule has 1 aliphatic rings. The monoisotopic (exact) mass is 197 g/mol. The molecule has 0 aromatic carbocycles. The number of aliphatic hydroxyl groups is 1. The summed E-state index contributed by atoms with van der Waals surface area (Å²) in [4.78, 5) is 11.8. The molecular formula is C7H10F3NO2. The molecule has 0 bridgehead atoms. The van der Waals surface area contributed by atoms with Gasteiger partial charge in [-0.15, -0.1) is 0 Å². The highest BCUT2D eigenvalue weighted by atomic mass is 19.4. The molecule has 1 fully saturated rings. The van der Waals surface area contributed by atoms with Crippen LogP contribution in [-0.2, 0) is 4.79 Å².